The van der Waals surface area contributed by atoms with Gasteiger partial charge in [-0.1, -0.05) is 6.58 Å². The number of allylic oxidation sites excluding steroid dienone is 1. The maximum absolute atomic E-state index is 12.4. The number of carbonyl (C=O) groups is 1. The molecule has 0 saturated heterocycles. The summed E-state index contributed by atoms with van der Waals surface area (Å²) in [5, 5.41) is 2.69. The highest BCUT2D eigenvalue weighted by Gasteiger charge is 1.93. The van der Waals surface area contributed by atoms with Crippen molar-refractivity contribution in [3.63, 3.8) is 0 Å². The average molecular weight is 211 g/mol. The van der Waals surface area contributed by atoms with Crippen molar-refractivity contribution in [2.24, 2.45) is 0 Å². The Morgan fingerprint density at radius 2 is 1.87 bits per heavy atom. The molecular weight excluding hydrogens is 197 g/mol. The molecule has 0 aromatic heterocycles. The summed E-state index contributed by atoms with van der Waals surface area (Å²) >= 11 is 0. The molecule has 0 aliphatic carbocycles. The maximum atomic E-state index is 12.4. The number of nitrogens with one attached hydrogen (secondary N) is 1. The number of halogens is 1. The fourth-order valence-electron chi connectivity index (χ4n) is 0.748. The van der Waals surface area contributed by atoms with Crippen LogP contribution in [-0.2, 0) is 9.53 Å². The summed E-state index contributed by atoms with van der Waals surface area (Å²) in [7, 11) is 3.25. The molecule has 1 N–H and O–H groups in total. The summed E-state index contributed by atoms with van der Waals surface area (Å²) < 4.78 is 16.6. The standard InChI is InChI=1S/C9H8FNO.C2H6O/c1-7(6-12)11-9-4-2-8(10)3-5-9;1-3-2/h2-6,11H,1H2;1-2H3. The van der Waals surface area contributed by atoms with E-state index in [1.165, 1.54) is 24.3 Å². The number of methoxy groups -OCH3 is 1. The van der Waals surface area contributed by atoms with E-state index in [-0.39, 0.29) is 11.5 Å². The topological polar surface area (TPSA) is 38.3 Å². The SMILES string of the molecule is C=C(C=O)Nc1ccc(F)cc1.COC. The molecule has 3 nitrogen and oxygen atoms in total. The molecular formula is C11H14FNO2. The fraction of sp³-hybridized carbons (Fsp3) is 0.182. The van der Waals surface area contributed by atoms with Crippen LogP contribution in [0.5, 0.6) is 0 Å². The lowest BCUT2D eigenvalue weighted by atomic mass is 10.3. The molecule has 15 heavy (non-hydrogen) atoms. The molecule has 4 heteroatoms. The molecule has 0 amide bonds. The second-order valence-electron chi connectivity index (χ2n) is 2.68. The highest BCUT2D eigenvalue weighted by molar-refractivity contribution is 5.77. The van der Waals surface area contributed by atoms with Gasteiger partial charge in [-0.3, -0.25) is 4.79 Å². The minimum atomic E-state index is -0.308. The summed E-state index contributed by atoms with van der Waals surface area (Å²) in [6.07, 6.45) is 0.601. The Hall–Kier alpha value is -1.68. The highest BCUT2D eigenvalue weighted by atomic mass is 19.1. The first-order chi connectivity index (χ1) is 7.13. The van der Waals surface area contributed by atoms with E-state index in [0.717, 1.165) is 0 Å². The second-order valence-corrected chi connectivity index (χ2v) is 2.68. The predicted octanol–water partition coefficient (Wildman–Crippen LogP) is 2.21. The number of benzene rings is 1. The Morgan fingerprint density at radius 3 is 2.27 bits per heavy atom. The number of hydrogen-bond acceptors (Lipinski definition) is 3. The minimum Gasteiger partial charge on any atom is -0.388 e. The number of carbonyl (C=O) groups excluding carboxylic acids is 1. The lowest BCUT2D eigenvalue weighted by Gasteiger charge is -2.02. The summed E-state index contributed by atoms with van der Waals surface area (Å²) in [6, 6.07) is 5.68. The van der Waals surface area contributed by atoms with Gasteiger partial charge in [0, 0.05) is 19.9 Å². The predicted molar refractivity (Wildman–Crippen MR) is 58.2 cm³/mol. The van der Waals surface area contributed by atoms with Crippen molar-refractivity contribution in [1.29, 1.82) is 0 Å². The van der Waals surface area contributed by atoms with Gasteiger partial charge in [-0.15, -0.1) is 0 Å². The lowest BCUT2D eigenvalue weighted by molar-refractivity contribution is -0.104. The zero-order valence-corrected chi connectivity index (χ0v) is 8.79. The van der Waals surface area contributed by atoms with Crippen molar-refractivity contribution < 1.29 is 13.9 Å². The molecule has 0 bridgehead atoms. The number of aldehydes is 1. The molecule has 0 unspecified atom stereocenters. The van der Waals surface area contributed by atoms with Gasteiger partial charge in [-0.25, -0.2) is 4.39 Å². The second kappa shape index (κ2) is 7.70. The quantitative estimate of drug-likeness (QED) is 0.615. The monoisotopic (exact) mass is 211 g/mol. The first kappa shape index (κ1) is 13.3. The van der Waals surface area contributed by atoms with Gasteiger partial charge in [-0.2, -0.15) is 0 Å². The van der Waals surface area contributed by atoms with Crippen LogP contribution in [0.3, 0.4) is 0 Å². The third kappa shape index (κ3) is 6.40. The normalized spacial score (nSPS) is 8.47. The van der Waals surface area contributed by atoms with Crippen LogP contribution >= 0.6 is 0 Å². The van der Waals surface area contributed by atoms with Crippen LogP contribution < -0.4 is 5.32 Å². The molecule has 0 atom stereocenters. The summed E-state index contributed by atoms with van der Waals surface area (Å²) in [5.41, 5.74) is 0.898. The Labute approximate surface area is 88.6 Å². The molecule has 82 valence electrons. The molecule has 0 spiro atoms. The first-order valence-electron chi connectivity index (χ1n) is 4.20. The third-order valence-electron chi connectivity index (χ3n) is 1.29. The van der Waals surface area contributed by atoms with E-state index in [1.807, 2.05) is 0 Å². The Kier molecular flexibility index (Phi) is 6.84. The van der Waals surface area contributed by atoms with Crippen LogP contribution in [0.1, 0.15) is 0 Å². The van der Waals surface area contributed by atoms with E-state index in [2.05, 4.69) is 16.6 Å². The van der Waals surface area contributed by atoms with Crippen molar-refractivity contribution in [2.75, 3.05) is 19.5 Å². The molecule has 0 saturated carbocycles. The molecule has 1 aromatic carbocycles. The van der Waals surface area contributed by atoms with Crippen molar-refractivity contribution in [3.05, 3.63) is 42.4 Å². The van der Waals surface area contributed by atoms with Crippen molar-refractivity contribution in [2.45, 2.75) is 0 Å². The Bertz CT molecular complexity index is 309. The summed E-state index contributed by atoms with van der Waals surface area (Å²) in [5.74, 6) is -0.308. The fourth-order valence-corrected chi connectivity index (χ4v) is 0.748. The van der Waals surface area contributed by atoms with Gasteiger partial charge in [0.05, 0.1) is 5.70 Å². The molecule has 1 rings (SSSR count). The van der Waals surface area contributed by atoms with Crippen LogP contribution in [0, 0.1) is 5.82 Å². The van der Waals surface area contributed by atoms with E-state index in [9.17, 15) is 9.18 Å². The Morgan fingerprint density at radius 1 is 1.40 bits per heavy atom. The molecule has 0 aliphatic rings. The molecule has 0 aliphatic heterocycles. The van der Waals surface area contributed by atoms with Crippen LogP contribution in [0.15, 0.2) is 36.5 Å². The van der Waals surface area contributed by atoms with Gasteiger partial charge >= 0.3 is 0 Å². The van der Waals surface area contributed by atoms with Gasteiger partial charge in [-0.05, 0) is 24.3 Å². The van der Waals surface area contributed by atoms with Crippen LogP contribution in [0.25, 0.3) is 0 Å². The first-order valence-corrected chi connectivity index (χ1v) is 4.20. The molecule has 0 radical (unpaired) electrons. The van der Waals surface area contributed by atoms with Gasteiger partial charge in [0.25, 0.3) is 0 Å². The van der Waals surface area contributed by atoms with Crippen LogP contribution in [-0.4, -0.2) is 20.5 Å². The third-order valence-corrected chi connectivity index (χ3v) is 1.29. The molecule has 1 aromatic rings. The minimum absolute atomic E-state index is 0.251. The number of hydrogen-bond donors (Lipinski definition) is 1. The molecule has 0 fully saturated rings. The van der Waals surface area contributed by atoms with E-state index in [0.29, 0.717) is 12.0 Å². The van der Waals surface area contributed by atoms with Gasteiger partial charge in [0.2, 0.25) is 0 Å². The summed E-state index contributed by atoms with van der Waals surface area (Å²) in [6.45, 7) is 3.42. The van der Waals surface area contributed by atoms with Crippen molar-refractivity contribution in [1.82, 2.24) is 0 Å². The average Bonchev–Trinajstić information content (AvgIpc) is 2.22. The van der Waals surface area contributed by atoms with E-state index in [4.69, 9.17) is 0 Å². The van der Waals surface area contributed by atoms with Gasteiger partial charge in [0.1, 0.15) is 5.82 Å². The zero-order valence-electron chi connectivity index (χ0n) is 8.79. The lowest BCUT2D eigenvalue weighted by Crippen LogP contribution is -1.98. The van der Waals surface area contributed by atoms with Crippen molar-refractivity contribution >= 4 is 12.0 Å². The number of ether oxygens (including phenoxy) is 1. The van der Waals surface area contributed by atoms with Gasteiger partial charge in [0.15, 0.2) is 6.29 Å². The maximum Gasteiger partial charge on any atom is 0.165 e. The zero-order chi connectivity index (χ0) is 11.7. The van der Waals surface area contributed by atoms with E-state index in [1.54, 1.807) is 14.2 Å². The van der Waals surface area contributed by atoms with Crippen LogP contribution in [0.2, 0.25) is 0 Å². The smallest absolute Gasteiger partial charge is 0.165 e. The highest BCUT2D eigenvalue weighted by Crippen LogP contribution is 2.09. The van der Waals surface area contributed by atoms with Crippen LogP contribution in [0.4, 0.5) is 10.1 Å². The summed E-state index contributed by atoms with van der Waals surface area (Å²) in [4.78, 5) is 10.1. The number of rotatable bonds is 3. The molecule has 0 heterocycles. The number of anilines is 1. The Balaban J connectivity index is 0.000000583. The van der Waals surface area contributed by atoms with Crippen molar-refractivity contribution in [3.8, 4) is 0 Å². The van der Waals surface area contributed by atoms with E-state index >= 15 is 0 Å². The van der Waals surface area contributed by atoms with Gasteiger partial charge < -0.3 is 10.1 Å². The van der Waals surface area contributed by atoms with E-state index < -0.39 is 0 Å². The largest absolute Gasteiger partial charge is 0.388 e.